The van der Waals surface area contributed by atoms with Crippen LogP contribution in [0, 0.1) is 0 Å². The fraction of sp³-hybridized carbons (Fsp3) is 0.273. The number of carbonyl (C=O) groups excluding carboxylic acids is 1. The zero-order valence-corrected chi connectivity index (χ0v) is 18.7. The van der Waals surface area contributed by atoms with Gasteiger partial charge in [0.15, 0.2) is 0 Å². The molecular weight excluding hydrogens is 434 g/mol. The first-order valence-corrected chi connectivity index (χ1v) is 12.3. The summed E-state index contributed by atoms with van der Waals surface area (Å²) in [6, 6.07) is 11.7. The van der Waals surface area contributed by atoms with Crippen LogP contribution in [0.25, 0.3) is 0 Å². The number of pyridine rings is 1. The Balaban J connectivity index is 1.46. The fourth-order valence-corrected chi connectivity index (χ4v) is 5.80. The second kappa shape index (κ2) is 9.17. The van der Waals surface area contributed by atoms with Crippen LogP contribution in [-0.2, 0) is 29.5 Å². The molecule has 4 rings (SSSR count). The number of carbonyl (C=O) groups is 1. The number of amides is 1. The molecule has 162 valence electrons. The summed E-state index contributed by atoms with van der Waals surface area (Å²) >= 11 is 1.66. The molecular formula is C22H23N3O4S2. The van der Waals surface area contributed by atoms with Crippen LogP contribution < -0.4 is 10.1 Å². The van der Waals surface area contributed by atoms with E-state index in [0.29, 0.717) is 37.6 Å². The predicted octanol–water partition coefficient (Wildman–Crippen LogP) is 3.22. The van der Waals surface area contributed by atoms with Crippen LogP contribution in [-0.4, -0.2) is 36.8 Å². The summed E-state index contributed by atoms with van der Waals surface area (Å²) in [5.41, 5.74) is 2.20. The van der Waals surface area contributed by atoms with Crippen LogP contribution in [0.3, 0.4) is 0 Å². The van der Waals surface area contributed by atoms with Crippen molar-refractivity contribution in [2.24, 2.45) is 0 Å². The molecule has 0 spiro atoms. The maximum absolute atomic E-state index is 13.1. The van der Waals surface area contributed by atoms with Gasteiger partial charge in [-0.15, -0.1) is 11.3 Å². The van der Waals surface area contributed by atoms with Gasteiger partial charge >= 0.3 is 0 Å². The summed E-state index contributed by atoms with van der Waals surface area (Å²) in [5.74, 6) is 0.156. The molecule has 0 saturated carbocycles. The van der Waals surface area contributed by atoms with E-state index in [4.69, 9.17) is 4.74 Å². The van der Waals surface area contributed by atoms with Crippen LogP contribution in [0.4, 0.5) is 0 Å². The van der Waals surface area contributed by atoms with E-state index >= 15 is 0 Å². The monoisotopic (exact) mass is 457 g/mol. The number of rotatable bonds is 7. The number of hydrogen-bond donors (Lipinski definition) is 1. The molecule has 0 bridgehead atoms. The van der Waals surface area contributed by atoms with Gasteiger partial charge in [-0.1, -0.05) is 6.07 Å². The van der Waals surface area contributed by atoms with Gasteiger partial charge in [0.1, 0.15) is 0 Å². The fourth-order valence-electron chi connectivity index (χ4n) is 3.45. The Kier molecular flexibility index (Phi) is 6.35. The molecule has 1 amide bonds. The standard InChI is InChI=1S/C22H23N3O4S2/c1-2-29-21-12-16(6-9-23-21)14-24-22(26)17-4-3-5-19(13-17)31(27,28)25-10-7-20-18(15-25)8-11-30-20/h3-6,8-9,11-13H,2,7,10,14-15H2,1H3,(H,24,26). The van der Waals surface area contributed by atoms with Gasteiger partial charge in [0.05, 0.1) is 11.5 Å². The number of hydrogen-bond acceptors (Lipinski definition) is 6. The molecule has 7 nitrogen and oxygen atoms in total. The Labute approximate surface area is 185 Å². The molecule has 3 aromatic rings. The van der Waals surface area contributed by atoms with E-state index in [0.717, 1.165) is 11.1 Å². The molecule has 31 heavy (non-hydrogen) atoms. The summed E-state index contributed by atoms with van der Waals surface area (Å²) in [6.07, 6.45) is 2.33. The van der Waals surface area contributed by atoms with Gasteiger partial charge in [0, 0.05) is 42.3 Å². The predicted molar refractivity (Wildman–Crippen MR) is 119 cm³/mol. The van der Waals surface area contributed by atoms with Crippen LogP contribution >= 0.6 is 11.3 Å². The SMILES string of the molecule is CCOc1cc(CNC(=O)c2cccc(S(=O)(=O)N3CCc4sccc4C3)c2)ccn1. The van der Waals surface area contributed by atoms with E-state index in [9.17, 15) is 13.2 Å². The highest BCUT2D eigenvalue weighted by Gasteiger charge is 2.29. The summed E-state index contributed by atoms with van der Waals surface area (Å²) in [6.45, 7) is 3.47. The van der Waals surface area contributed by atoms with Gasteiger partial charge in [0.25, 0.3) is 5.91 Å². The van der Waals surface area contributed by atoms with Crippen molar-refractivity contribution in [3.63, 3.8) is 0 Å². The molecule has 0 radical (unpaired) electrons. The lowest BCUT2D eigenvalue weighted by Crippen LogP contribution is -2.35. The first kappa shape index (κ1) is 21.5. The molecule has 0 atom stereocenters. The van der Waals surface area contributed by atoms with Crippen LogP contribution in [0.15, 0.2) is 58.9 Å². The zero-order valence-electron chi connectivity index (χ0n) is 17.1. The molecule has 9 heteroatoms. The van der Waals surface area contributed by atoms with E-state index in [-0.39, 0.29) is 17.3 Å². The minimum atomic E-state index is -3.68. The maximum Gasteiger partial charge on any atom is 0.251 e. The highest BCUT2D eigenvalue weighted by molar-refractivity contribution is 7.89. The van der Waals surface area contributed by atoms with Crippen molar-refractivity contribution >= 4 is 27.3 Å². The Morgan fingerprint density at radius 1 is 1.26 bits per heavy atom. The van der Waals surface area contributed by atoms with Crippen molar-refractivity contribution in [3.05, 3.63) is 75.6 Å². The van der Waals surface area contributed by atoms with E-state index in [1.165, 1.54) is 21.3 Å². The molecule has 1 aliphatic rings. The quantitative estimate of drug-likeness (QED) is 0.589. The average molecular weight is 458 g/mol. The number of thiophene rings is 1. The Morgan fingerprint density at radius 3 is 2.97 bits per heavy atom. The largest absolute Gasteiger partial charge is 0.478 e. The van der Waals surface area contributed by atoms with Gasteiger partial charge in [0.2, 0.25) is 15.9 Å². The van der Waals surface area contributed by atoms with E-state index in [2.05, 4.69) is 10.3 Å². The number of sulfonamides is 1. The average Bonchev–Trinajstić information content (AvgIpc) is 3.26. The minimum absolute atomic E-state index is 0.126. The van der Waals surface area contributed by atoms with Crippen molar-refractivity contribution in [2.75, 3.05) is 13.2 Å². The Bertz CT molecular complexity index is 1190. The normalized spacial score (nSPS) is 14.1. The van der Waals surface area contributed by atoms with Crippen molar-refractivity contribution in [3.8, 4) is 5.88 Å². The molecule has 3 heterocycles. The lowest BCUT2D eigenvalue weighted by Gasteiger charge is -2.26. The minimum Gasteiger partial charge on any atom is -0.478 e. The van der Waals surface area contributed by atoms with Gasteiger partial charge in [-0.2, -0.15) is 4.31 Å². The smallest absolute Gasteiger partial charge is 0.251 e. The van der Waals surface area contributed by atoms with Crippen LogP contribution in [0.5, 0.6) is 5.88 Å². The molecule has 0 fully saturated rings. The Morgan fingerprint density at radius 2 is 2.13 bits per heavy atom. The number of ether oxygens (including phenoxy) is 1. The number of nitrogens with zero attached hydrogens (tertiary/aromatic N) is 2. The molecule has 2 aromatic heterocycles. The van der Waals surface area contributed by atoms with E-state index in [1.807, 2.05) is 18.4 Å². The first-order chi connectivity index (χ1) is 15.0. The molecule has 0 saturated heterocycles. The van der Waals surface area contributed by atoms with Crippen LogP contribution in [0.1, 0.15) is 33.3 Å². The topological polar surface area (TPSA) is 88.6 Å². The third-order valence-corrected chi connectivity index (χ3v) is 7.92. The molecule has 1 aliphatic heterocycles. The van der Waals surface area contributed by atoms with E-state index < -0.39 is 10.0 Å². The second-order valence-electron chi connectivity index (χ2n) is 7.10. The number of aromatic nitrogens is 1. The number of nitrogens with one attached hydrogen (secondary N) is 1. The van der Waals surface area contributed by atoms with Crippen molar-refractivity contribution in [2.45, 2.75) is 31.3 Å². The van der Waals surface area contributed by atoms with Crippen molar-refractivity contribution in [1.82, 2.24) is 14.6 Å². The highest BCUT2D eigenvalue weighted by atomic mass is 32.2. The number of benzene rings is 1. The third-order valence-electron chi connectivity index (χ3n) is 5.05. The lowest BCUT2D eigenvalue weighted by molar-refractivity contribution is 0.0950. The second-order valence-corrected chi connectivity index (χ2v) is 10.0. The van der Waals surface area contributed by atoms with Crippen molar-refractivity contribution < 1.29 is 17.9 Å². The lowest BCUT2D eigenvalue weighted by atomic mass is 10.1. The molecule has 0 unspecified atom stereocenters. The molecule has 1 N–H and O–H groups in total. The third kappa shape index (κ3) is 4.79. The maximum atomic E-state index is 13.1. The first-order valence-electron chi connectivity index (χ1n) is 9.99. The van der Waals surface area contributed by atoms with Gasteiger partial charge in [-0.3, -0.25) is 4.79 Å². The van der Waals surface area contributed by atoms with Crippen LogP contribution in [0.2, 0.25) is 0 Å². The van der Waals surface area contributed by atoms with E-state index in [1.54, 1.807) is 41.8 Å². The number of fused-ring (bicyclic) bond motifs is 1. The molecule has 0 aliphatic carbocycles. The zero-order chi connectivity index (χ0) is 21.8. The highest BCUT2D eigenvalue weighted by Crippen LogP contribution is 2.28. The molecule has 1 aromatic carbocycles. The summed E-state index contributed by atoms with van der Waals surface area (Å²) in [5, 5.41) is 4.81. The van der Waals surface area contributed by atoms with Gasteiger partial charge in [-0.25, -0.2) is 13.4 Å². The van der Waals surface area contributed by atoms with Crippen molar-refractivity contribution in [1.29, 1.82) is 0 Å². The van der Waals surface area contributed by atoms with Gasteiger partial charge < -0.3 is 10.1 Å². The summed E-state index contributed by atoms with van der Waals surface area (Å²) in [7, 11) is -3.68. The summed E-state index contributed by atoms with van der Waals surface area (Å²) < 4.78 is 33.1. The Hall–Kier alpha value is -2.75. The van der Waals surface area contributed by atoms with Gasteiger partial charge in [-0.05, 0) is 60.2 Å². The summed E-state index contributed by atoms with van der Waals surface area (Å²) in [4.78, 5) is 18.1.